The fourth-order valence-electron chi connectivity index (χ4n) is 3.43. The maximum Gasteiger partial charge on any atom is 0.325 e. The third kappa shape index (κ3) is 7.19. The Bertz CT molecular complexity index is 1610. The number of hydrogen-bond donors (Lipinski definition) is 3. The van der Waals surface area contributed by atoms with Crippen LogP contribution in [-0.2, 0) is 16.5 Å². The van der Waals surface area contributed by atoms with Crippen LogP contribution in [0.25, 0.3) is 28.0 Å². The molecular formula is C25H24N6O4S2. The summed E-state index contributed by atoms with van der Waals surface area (Å²) in [6.45, 7) is 2.06. The van der Waals surface area contributed by atoms with Gasteiger partial charge >= 0.3 is 6.03 Å². The molecule has 0 unspecified atom stereocenters. The molecule has 37 heavy (non-hydrogen) atoms. The molecule has 0 bridgehead atoms. The van der Waals surface area contributed by atoms with Gasteiger partial charge in [-0.15, -0.1) is 11.3 Å². The summed E-state index contributed by atoms with van der Waals surface area (Å²) in [6, 6.07) is 15.5. The summed E-state index contributed by atoms with van der Waals surface area (Å²) < 4.78 is 27.9. The summed E-state index contributed by atoms with van der Waals surface area (Å²) in [4.78, 5) is 26.2. The number of carbonyl (C=O) groups is 1. The van der Waals surface area contributed by atoms with Crippen molar-refractivity contribution in [1.82, 2.24) is 19.4 Å². The largest absolute Gasteiger partial charge is 0.325 e. The van der Waals surface area contributed by atoms with Gasteiger partial charge in [0.2, 0.25) is 0 Å². The third-order valence-corrected chi connectivity index (χ3v) is 6.15. The van der Waals surface area contributed by atoms with Crippen LogP contribution in [-0.4, -0.2) is 44.6 Å². The first-order chi connectivity index (χ1) is 17.7. The highest BCUT2D eigenvalue weighted by Crippen LogP contribution is 2.26. The Morgan fingerprint density at radius 2 is 1.68 bits per heavy atom. The van der Waals surface area contributed by atoms with E-state index in [2.05, 4.69) is 44.6 Å². The lowest BCUT2D eigenvalue weighted by Crippen LogP contribution is -2.19. The number of thiazole rings is 1. The van der Waals surface area contributed by atoms with Crippen LogP contribution < -0.4 is 10.6 Å². The standard InChI is InChI=1S/C24H20N6OS.CH4O3S/c1-2-20-14-27-24(32-20)29-23(31)28-19-5-3-17(4-6-19)21-15-26-22-13-18(9-12-30(21)22)16-7-10-25-11-8-16;1-5(2,3)4/h3-15H,2H2,1H3,(H2,27,28,29,31);1H3,(H,2,3,4). The first kappa shape index (κ1) is 25.9. The molecule has 4 heterocycles. The predicted octanol–water partition coefficient (Wildman–Crippen LogP) is 5.23. The summed E-state index contributed by atoms with van der Waals surface area (Å²) in [6.07, 6.45) is 10.8. The molecule has 0 spiro atoms. The van der Waals surface area contributed by atoms with Crippen LogP contribution in [0.1, 0.15) is 11.8 Å². The molecule has 5 aromatic rings. The van der Waals surface area contributed by atoms with Crippen LogP contribution in [0.5, 0.6) is 0 Å². The molecule has 1 aromatic carbocycles. The zero-order valence-corrected chi connectivity index (χ0v) is 21.6. The zero-order valence-electron chi connectivity index (χ0n) is 20.0. The summed E-state index contributed by atoms with van der Waals surface area (Å²) in [5.41, 5.74) is 5.75. The van der Waals surface area contributed by atoms with Gasteiger partial charge < -0.3 is 5.32 Å². The van der Waals surface area contributed by atoms with E-state index in [0.29, 0.717) is 17.1 Å². The van der Waals surface area contributed by atoms with E-state index in [4.69, 9.17) is 4.55 Å². The van der Waals surface area contributed by atoms with Crippen LogP contribution in [0.15, 0.2) is 79.5 Å². The summed E-state index contributed by atoms with van der Waals surface area (Å²) in [5.74, 6) is 0. The Morgan fingerprint density at radius 3 is 2.32 bits per heavy atom. The van der Waals surface area contributed by atoms with Gasteiger partial charge in [0.05, 0.1) is 18.1 Å². The van der Waals surface area contributed by atoms with E-state index in [9.17, 15) is 13.2 Å². The highest BCUT2D eigenvalue weighted by molar-refractivity contribution is 7.85. The molecule has 12 heteroatoms. The van der Waals surface area contributed by atoms with E-state index in [1.54, 1.807) is 18.6 Å². The van der Waals surface area contributed by atoms with Crippen LogP contribution >= 0.6 is 11.3 Å². The average Bonchev–Trinajstić information content (AvgIpc) is 3.50. The fraction of sp³-hybridized carbons (Fsp3) is 0.120. The highest BCUT2D eigenvalue weighted by Gasteiger charge is 2.09. The first-order valence-electron chi connectivity index (χ1n) is 11.1. The van der Waals surface area contributed by atoms with E-state index in [0.717, 1.165) is 39.3 Å². The van der Waals surface area contributed by atoms with Crippen LogP contribution in [0.2, 0.25) is 0 Å². The molecule has 0 radical (unpaired) electrons. The summed E-state index contributed by atoms with van der Waals surface area (Å²) >= 11 is 1.48. The third-order valence-electron chi connectivity index (χ3n) is 5.09. The van der Waals surface area contributed by atoms with Gasteiger partial charge in [-0.2, -0.15) is 8.42 Å². The second-order valence-corrected chi connectivity index (χ2v) is 10.5. The number of rotatable bonds is 5. The van der Waals surface area contributed by atoms with Crippen LogP contribution in [0.3, 0.4) is 0 Å². The molecule has 0 saturated heterocycles. The molecule has 5 rings (SSSR count). The molecule has 0 fully saturated rings. The Morgan fingerprint density at radius 1 is 0.973 bits per heavy atom. The van der Waals surface area contributed by atoms with Crippen molar-refractivity contribution < 1.29 is 17.8 Å². The van der Waals surface area contributed by atoms with Crippen molar-refractivity contribution in [2.45, 2.75) is 13.3 Å². The lowest BCUT2D eigenvalue weighted by molar-refractivity contribution is 0.262. The van der Waals surface area contributed by atoms with Gasteiger partial charge in [0.25, 0.3) is 10.1 Å². The molecule has 3 N–H and O–H groups in total. The van der Waals surface area contributed by atoms with Gasteiger partial charge in [-0.1, -0.05) is 19.1 Å². The number of anilines is 2. The minimum absolute atomic E-state index is 0.312. The molecule has 10 nitrogen and oxygen atoms in total. The number of nitrogens with one attached hydrogen (secondary N) is 2. The van der Waals surface area contributed by atoms with Crippen molar-refractivity contribution in [2.75, 3.05) is 16.9 Å². The molecule has 190 valence electrons. The van der Waals surface area contributed by atoms with Crippen molar-refractivity contribution in [3.05, 3.63) is 84.4 Å². The van der Waals surface area contributed by atoms with Crippen LogP contribution in [0, 0.1) is 0 Å². The molecule has 0 saturated carbocycles. The monoisotopic (exact) mass is 536 g/mol. The molecule has 0 aliphatic rings. The van der Waals surface area contributed by atoms with Gasteiger partial charge in [0.15, 0.2) is 5.13 Å². The van der Waals surface area contributed by atoms with E-state index >= 15 is 0 Å². The van der Waals surface area contributed by atoms with E-state index in [1.807, 2.05) is 53.2 Å². The highest BCUT2D eigenvalue weighted by atomic mass is 32.2. The normalized spacial score (nSPS) is 11.0. The lowest BCUT2D eigenvalue weighted by Gasteiger charge is -2.08. The number of urea groups is 1. The van der Waals surface area contributed by atoms with Crippen molar-refractivity contribution >= 4 is 44.0 Å². The van der Waals surface area contributed by atoms with Crippen molar-refractivity contribution in [3.63, 3.8) is 0 Å². The van der Waals surface area contributed by atoms with Crippen molar-refractivity contribution in [1.29, 1.82) is 0 Å². The summed E-state index contributed by atoms with van der Waals surface area (Å²) in [5, 5.41) is 6.20. The SMILES string of the molecule is CCc1cnc(NC(=O)Nc2ccc(-c3cnc4cc(-c5ccncc5)ccn34)cc2)s1.CS(=O)(=O)O. The maximum absolute atomic E-state index is 12.2. The first-order valence-corrected chi connectivity index (χ1v) is 13.8. The number of amides is 2. The van der Waals surface area contributed by atoms with Gasteiger partial charge in [-0.3, -0.25) is 19.3 Å². The van der Waals surface area contributed by atoms with Gasteiger partial charge in [0, 0.05) is 40.9 Å². The average molecular weight is 537 g/mol. The molecule has 2 amide bonds. The molecule has 0 aliphatic heterocycles. The minimum atomic E-state index is -3.67. The lowest BCUT2D eigenvalue weighted by atomic mass is 10.1. The number of nitrogens with zero attached hydrogens (tertiary/aromatic N) is 4. The second-order valence-electron chi connectivity index (χ2n) is 7.90. The number of aryl methyl sites for hydroxylation is 1. The fourth-order valence-corrected chi connectivity index (χ4v) is 4.18. The number of hydrogen-bond acceptors (Lipinski definition) is 7. The Balaban J connectivity index is 0.000000586. The molecular weight excluding hydrogens is 512 g/mol. The molecule has 4 aromatic heterocycles. The predicted molar refractivity (Wildman–Crippen MR) is 145 cm³/mol. The van der Waals surface area contributed by atoms with Gasteiger partial charge in [-0.25, -0.2) is 14.8 Å². The van der Waals surface area contributed by atoms with Gasteiger partial charge in [-0.05, 0) is 53.9 Å². The quantitative estimate of drug-likeness (QED) is 0.261. The molecule has 0 aliphatic carbocycles. The Hall–Kier alpha value is -4.13. The Labute approximate surface area is 217 Å². The number of fused-ring (bicyclic) bond motifs is 1. The maximum atomic E-state index is 12.2. The van der Waals surface area contributed by atoms with Crippen LogP contribution in [0.4, 0.5) is 15.6 Å². The smallest absolute Gasteiger partial charge is 0.308 e. The number of benzene rings is 1. The van der Waals surface area contributed by atoms with E-state index < -0.39 is 10.1 Å². The number of imidazole rings is 1. The molecule has 0 atom stereocenters. The van der Waals surface area contributed by atoms with E-state index in [-0.39, 0.29) is 6.03 Å². The van der Waals surface area contributed by atoms with E-state index in [1.165, 1.54) is 11.3 Å². The van der Waals surface area contributed by atoms with Crippen molar-refractivity contribution in [2.24, 2.45) is 0 Å². The summed E-state index contributed by atoms with van der Waals surface area (Å²) in [7, 11) is -3.67. The zero-order chi connectivity index (χ0) is 26.4. The van der Waals surface area contributed by atoms with Gasteiger partial charge in [0.1, 0.15) is 5.65 Å². The minimum Gasteiger partial charge on any atom is -0.308 e. The number of pyridine rings is 2. The van der Waals surface area contributed by atoms with Crippen molar-refractivity contribution in [3.8, 4) is 22.4 Å². The Kier molecular flexibility index (Phi) is 7.92. The number of aromatic nitrogens is 4. The topological polar surface area (TPSA) is 139 Å². The second kappa shape index (κ2) is 11.3. The number of carbonyl (C=O) groups excluding carboxylic acids is 1.